The smallest absolute Gasteiger partial charge is 0.261 e. The lowest BCUT2D eigenvalue weighted by Crippen LogP contribution is -2.50. The number of amides is 2. The number of rotatable bonds is 10. The summed E-state index contributed by atoms with van der Waals surface area (Å²) in [6, 6.07) is 10.3. The van der Waals surface area contributed by atoms with Gasteiger partial charge in [0.1, 0.15) is 17.6 Å². The van der Waals surface area contributed by atoms with E-state index in [9.17, 15) is 14.0 Å². The molecule has 0 fully saturated rings. The van der Waals surface area contributed by atoms with Gasteiger partial charge in [0.15, 0.2) is 6.61 Å². The van der Waals surface area contributed by atoms with Crippen molar-refractivity contribution in [3.63, 3.8) is 0 Å². The summed E-state index contributed by atoms with van der Waals surface area (Å²) >= 11 is 9.48. The molecule has 0 aromatic heterocycles. The lowest BCUT2D eigenvalue weighted by atomic mass is 10.1. The van der Waals surface area contributed by atoms with Gasteiger partial charge in [0, 0.05) is 17.6 Å². The molecule has 8 heteroatoms. The average molecular weight is 500 g/mol. The van der Waals surface area contributed by atoms with Gasteiger partial charge in [-0.3, -0.25) is 9.59 Å². The van der Waals surface area contributed by atoms with Crippen molar-refractivity contribution in [2.75, 3.05) is 13.2 Å². The molecule has 0 heterocycles. The van der Waals surface area contributed by atoms with Crippen molar-refractivity contribution in [2.45, 2.75) is 39.3 Å². The Hall–Kier alpha value is -2.12. The van der Waals surface area contributed by atoms with Crippen LogP contribution in [0, 0.1) is 5.82 Å². The number of hydrogen-bond acceptors (Lipinski definition) is 3. The van der Waals surface area contributed by atoms with E-state index in [0.29, 0.717) is 29.3 Å². The van der Waals surface area contributed by atoms with Crippen molar-refractivity contribution in [3.8, 4) is 5.75 Å². The number of benzene rings is 2. The fraction of sp³-hybridized carbons (Fsp3) is 0.364. The van der Waals surface area contributed by atoms with Gasteiger partial charge in [-0.05, 0) is 48.7 Å². The fourth-order valence-corrected chi connectivity index (χ4v) is 3.61. The second kappa shape index (κ2) is 11.9. The molecule has 2 rings (SSSR count). The molecular weight excluding hydrogens is 475 g/mol. The molecule has 0 aliphatic heterocycles. The third kappa shape index (κ3) is 6.99. The van der Waals surface area contributed by atoms with Crippen LogP contribution in [0.1, 0.15) is 32.3 Å². The zero-order valence-electron chi connectivity index (χ0n) is 17.0. The molecular formula is C22H25BrClFN2O3. The highest BCUT2D eigenvalue weighted by Crippen LogP contribution is 2.27. The van der Waals surface area contributed by atoms with Crippen LogP contribution in [-0.4, -0.2) is 35.9 Å². The summed E-state index contributed by atoms with van der Waals surface area (Å²) in [6.45, 7) is 4.21. The topological polar surface area (TPSA) is 58.6 Å². The lowest BCUT2D eigenvalue weighted by molar-refractivity contribution is -0.143. The number of hydrogen-bond donors (Lipinski definition) is 1. The molecule has 162 valence electrons. The second-order valence-corrected chi connectivity index (χ2v) is 8.05. The highest BCUT2D eigenvalue weighted by molar-refractivity contribution is 9.10. The quantitative estimate of drug-likeness (QED) is 0.503. The summed E-state index contributed by atoms with van der Waals surface area (Å²) in [6.07, 6.45) is 1.22. The van der Waals surface area contributed by atoms with Crippen molar-refractivity contribution in [1.29, 1.82) is 0 Å². The molecule has 0 aliphatic carbocycles. The Morgan fingerprint density at radius 1 is 1.20 bits per heavy atom. The lowest BCUT2D eigenvalue weighted by Gasteiger charge is -2.30. The Kier molecular flexibility index (Phi) is 9.59. The van der Waals surface area contributed by atoms with Crippen LogP contribution in [0.15, 0.2) is 46.9 Å². The predicted octanol–water partition coefficient (Wildman–Crippen LogP) is 4.95. The van der Waals surface area contributed by atoms with Gasteiger partial charge < -0.3 is 15.0 Å². The molecule has 0 radical (unpaired) electrons. The molecule has 2 aromatic carbocycles. The minimum Gasteiger partial charge on any atom is -0.482 e. The van der Waals surface area contributed by atoms with Crippen molar-refractivity contribution in [2.24, 2.45) is 0 Å². The monoisotopic (exact) mass is 498 g/mol. The first-order chi connectivity index (χ1) is 14.3. The van der Waals surface area contributed by atoms with E-state index in [2.05, 4.69) is 21.2 Å². The molecule has 0 bridgehead atoms. The predicted molar refractivity (Wildman–Crippen MR) is 119 cm³/mol. The summed E-state index contributed by atoms with van der Waals surface area (Å²) in [4.78, 5) is 27.2. The average Bonchev–Trinajstić information content (AvgIpc) is 2.72. The van der Waals surface area contributed by atoms with E-state index in [1.54, 1.807) is 30.3 Å². The number of halogens is 3. The molecule has 0 saturated heterocycles. The van der Waals surface area contributed by atoms with E-state index in [0.717, 1.165) is 10.9 Å². The maximum absolute atomic E-state index is 13.3. The Labute approximate surface area is 189 Å². The third-order valence-electron chi connectivity index (χ3n) is 4.45. The van der Waals surface area contributed by atoms with E-state index in [4.69, 9.17) is 16.3 Å². The number of nitrogens with zero attached hydrogens (tertiary/aromatic N) is 1. The van der Waals surface area contributed by atoms with Crippen molar-refractivity contribution < 1.29 is 18.7 Å². The summed E-state index contributed by atoms with van der Waals surface area (Å²) in [5.41, 5.74) is 0.716. The fourth-order valence-electron chi connectivity index (χ4n) is 2.89. The minimum atomic E-state index is -0.668. The SMILES string of the molecule is CCCNC(=O)[C@H](CC)N(Cc1ccc(F)cc1)C(=O)COc1ccc(Br)cc1Cl. The van der Waals surface area contributed by atoms with E-state index in [1.807, 2.05) is 13.8 Å². The van der Waals surface area contributed by atoms with Gasteiger partial charge in [-0.25, -0.2) is 4.39 Å². The first-order valence-corrected chi connectivity index (χ1v) is 10.9. The highest BCUT2D eigenvalue weighted by Gasteiger charge is 2.28. The molecule has 0 unspecified atom stereocenters. The Bertz CT molecular complexity index is 864. The maximum Gasteiger partial charge on any atom is 0.261 e. The Balaban J connectivity index is 2.20. The molecule has 2 aromatic rings. The summed E-state index contributed by atoms with van der Waals surface area (Å²) in [5, 5.41) is 3.21. The molecule has 1 N–H and O–H groups in total. The van der Waals surface area contributed by atoms with Crippen LogP contribution in [0.25, 0.3) is 0 Å². The van der Waals surface area contributed by atoms with Crippen LogP contribution in [0.3, 0.4) is 0 Å². The van der Waals surface area contributed by atoms with Gasteiger partial charge in [0.2, 0.25) is 5.91 Å². The zero-order chi connectivity index (χ0) is 22.1. The van der Waals surface area contributed by atoms with E-state index < -0.39 is 6.04 Å². The van der Waals surface area contributed by atoms with Crippen LogP contribution < -0.4 is 10.1 Å². The van der Waals surface area contributed by atoms with Crippen LogP contribution >= 0.6 is 27.5 Å². The first-order valence-electron chi connectivity index (χ1n) is 9.75. The van der Waals surface area contributed by atoms with Gasteiger partial charge in [-0.2, -0.15) is 0 Å². The van der Waals surface area contributed by atoms with Crippen molar-refractivity contribution in [3.05, 3.63) is 63.3 Å². The molecule has 0 aliphatic rings. The van der Waals surface area contributed by atoms with Gasteiger partial charge in [-0.1, -0.05) is 53.5 Å². The molecule has 0 saturated carbocycles. The van der Waals surface area contributed by atoms with E-state index >= 15 is 0 Å². The minimum absolute atomic E-state index is 0.161. The highest BCUT2D eigenvalue weighted by atomic mass is 79.9. The standard InChI is InChI=1S/C22H25BrClFN2O3/c1-3-11-26-22(29)19(4-2)27(13-15-5-8-17(25)9-6-15)21(28)14-30-20-10-7-16(23)12-18(20)24/h5-10,12,19H,3-4,11,13-14H2,1-2H3,(H,26,29)/t19-/m0/s1. The Morgan fingerprint density at radius 3 is 2.50 bits per heavy atom. The third-order valence-corrected chi connectivity index (χ3v) is 5.24. The van der Waals surface area contributed by atoms with Gasteiger partial charge in [0.25, 0.3) is 5.91 Å². The number of carbonyl (C=O) groups is 2. The molecule has 2 amide bonds. The number of ether oxygens (including phenoxy) is 1. The van der Waals surface area contributed by atoms with Crippen LogP contribution in [0.5, 0.6) is 5.75 Å². The molecule has 1 atom stereocenters. The molecule has 5 nitrogen and oxygen atoms in total. The van der Waals surface area contributed by atoms with Gasteiger partial charge >= 0.3 is 0 Å². The maximum atomic E-state index is 13.3. The van der Waals surface area contributed by atoms with Crippen molar-refractivity contribution >= 4 is 39.3 Å². The van der Waals surface area contributed by atoms with Crippen LogP contribution in [0.4, 0.5) is 4.39 Å². The second-order valence-electron chi connectivity index (χ2n) is 6.73. The van der Waals surface area contributed by atoms with Crippen LogP contribution in [-0.2, 0) is 16.1 Å². The number of nitrogens with one attached hydrogen (secondary N) is 1. The van der Waals surface area contributed by atoms with Gasteiger partial charge in [0.05, 0.1) is 5.02 Å². The zero-order valence-corrected chi connectivity index (χ0v) is 19.3. The van der Waals surface area contributed by atoms with E-state index in [1.165, 1.54) is 17.0 Å². The summed E-state index contributed by atoms with van der Waals surface area (Å²) < 4.78 is 19.7. The summed E-state index contributed by atoms with van der Waals surface area (Å²) in [7, 11) is 0. The Morgan fingerprint density at radius 2 is 1.90 bits per heavy atom. The first kappa shape index (κ1) is 24.2. The van der Waals surface area contributed by atoms with E-state index in [-0.39, 0.29) is 30.8 Å². The van der Waals surface area contributed by atoms with Crippen molar-refractivity contribution in [1.82, 2.24) is 10.2 Å². The normalized spacial score (nSPS) is 11.6. The molecule has 30 heavy (non-hydrogen) atoms. The van der Waals surface area contributed by atoms with Gasteiger partial charge in [-0.15, -0.1) is 0 Å². The summed E-state index contributed by atoms with van der Waals surface area (Å²) in [5.74, 6) is -0.579. The molecule has 0 spiro atoms. The number of carbonyl (C=O) groups excluding carboxylic acids is 2. The largest absolute Gasteiger partial charge is 0.482 e. The van der Waals surface area contributed by atoms with Crippen LogP contribution in [0.2, 0.25) is 5.02 Å².